The molecule has 0 atom stereocenters. The highest BCUT2D eigenvalue weighted by Crippen LogP contribution is 2.45. The van der Waals surface area contributed by atoms with Crippen LogP contribution < -0.4 is 0 Å². The minimum Gasteiger partial charge on any atom is -0.455 e. The van der Waals surface area contributed by atoms with Crippen molar-refractivity contribution in [2.75, 3.05) is 0 Å². The van der Waals surface area contributed by atoms with Crippen molar-refractivity contribution >= 4 is 32.7 Å². The quantitative estimate of drug-likeness (QED) is 0.187. The molecule has 7 aromatic rings. The number of pyridine rings is 1. The van der Waals surface area contributed by atoms with Crippen molar-refractivity contribution in [1.82, 2.24) is 4.98 Å². The van der Waals surface area contributed by atoms with Crippen LogP contribution in [0.4, 0.5) is 0 Å². The lowest BCUT2D eigenvalue weighted by molar-refractivity contribution is 0.670. The van der Waals surface area contributed by atoms with Gasteiger partial charge in [-0.1, -0.05) is 102 Å². The van der Waals surface area contributed by atoms with Gasteiger partial charge in [0.15, 0.2) is 0 Å². The Hall–Kier alpha value is -5.20. The molecule has 0 saturated heterocycles. The highest BCUT2D eigenvalue weighted by Gasteiger charge is 2.24. The van der Waals surface area contributed by atoms with Crippen molar-refractivity contribution in [1.29, 1.82) is 5.26 Å². The molecule has 0 aliphatic rings. The fourth-order valence-corrected chi connectivity index (χ4v) is 7.05. The summed E-state index contributed by atoms with van der Waals surface area (Å²) >= 11 is 0. The zero-order chi connectivity index (χ0) is 35.5. The van der Waals surface area contributed by atoms with Crippen LogP contribution in [0.2, 0.25) is 0 Å². The van der Waals surface area contributed by atoms with Gasteiger partial charge in [0.25, 0.3) is 0 Å². The summed E-state index contributed by atoms with van der Waals surface area (Å²) in [7, 11) is 0. The van der Waals surface area contributed by atoms with Gasteiger partial charge in [0.05, 0.1) is 17.3 Å². The number of hydrogen-bond donors (Lipinski definition) is 0. The van der Waals surface area contributed by atoms with Gasteiger partial charge in [-0.15, -0.1) is 0 Å². The third-order valence-corrected chi connectivity index (χ3v) is 9.42. The summed E-state index contributed by atoms with van der Waals surface area (Å²) in [6.07, 6.45) is 1.53. The molecule has 0 amide bonds. The Kier molecular flexibility index (Phi) is 6.81. The second-order valence-electron chi connectivity index (χ2n) is 13.4. The van der Waals surface area contributed by atoms with Crippen LogP contribution >= 0.6 is 0 Å². The molecule has 0 unspecified atom stereocenters. The second kappa shape index (κ2) is 11.9. The van der Waals surface area contributed by atoms with Crippen LogP contribution in [0.15, 0.2) is 102 Å². The fraction of sp³-hybridized carbons (Fsp3) is 0.227. The molecule has 7 rings (SSSR count). The number of nitriles is 1. The zero-order valence-electron chi connectivity index (χ0n) is 30.8. The molecule has 0 saturated carbocycles. The molecule has 0 fully saturated rings. The van der Waals surface area contributed by atoms with Crippen molar-refractivity contribution in [2.45, 2.75) is 66.1 Å². The molecule has 0 N–H and O–H groups in total. The summed E-state index contributed by atoms with van der Waals surface area (Å²) in [6, 6.07) is 33.1. The Balaban J connectivity index is 1.56. The number of nitrogens with zero attached hydrogens (tertiary/aromatic N) is 2. The standard InChI is InChI=1S/C44H40N2O/c1-25(2)33-13-10-14-34(26(3)4)41(33)38-22-39(46-24-28(38)7)36-20-19-35(27(5)6)42-37-18-17-32(23-45)40(44(37)47-43(36)42)31-16-15-29-11-8-9-12-30(29)21-31/h8-22,24-27H,1-7H3/i7D3. The van der Waals surface area contributed by atoms with Gasteiger partial charge >= 0.3 is 0 Å². The number of fused-ring (bicyclic) bond motifs is 4. The first-order chi connectivity index (χ1) is 23.9. The van der Waals surface area contributed by atoms with Crippen LogP contribution in [0.25, 0.3) is 66.2 Å². The Morgan fingerprint density at radius 2 is 1.40 bits per heavy atom. The van der Waals surface area contributed by atoms with Gasteiger partial charge in [-0.2, -0.15) is 5.26 Å². The molecule has 0 aliphatic carbocycles. The summed E-state index contributed by atoms with van der Waals surface area (Å²) in [5.74, 6) is 0.556. The third-order valence-electron chi connectivity index (χ3n) is 9.42. The number of rotatable bonds is 6. The van der Waals surface area contributed by atoms with Crippen LogP contribution in [0.3, 0.4) is 0 Å². The molecule has 0 bridgehead atoms. The van der Waals surface area contributed by atoms with Gasteiger partial charge in [0.1, 0.15) is 11.2 Å². The summed E-state index contributed by atoms with van der Waals surface area (Å²) < 4.78 is 32.5. The maximum atomic E-state index is 10.3. The predicted octanol–water partition coefficient (Wildman–Crippen LogP) is 12.7. The molecule has 0 radical (unpaired) electrons. The number of hydrogen-bond acceptors (Lipinski definition) is 3. The second-order valence-corrected chi connectivity index (χ2v) is 13.4. The maximum Gasteiger partial charge on any atom is 0.145 e. The van der Waals surface area contributed by atoms with E-state index < -0.39 is 6.85 Å². The number of aryl methyl sites for hydroxylation is 1. The van der Waals surface area contributed by atoms with E-state index in [-0.39, 0.29) is 23.3 Å². The Bertz CT molecular complexity index is 2450. The largest absolute Gasteiger partial charge is 0.455 e. The maximum absolute atomic E-state index is 10.3. The zero-order valence-corrected chi connectivity index (χ0v) is 27.8. The molecule has 2 heterocycles. The molecule has 5 aromatic carbocycles. The average Bonchev–Trinajstić information content (AvgIpc) is 3.49. The first kappa shape index (κ1) is 27.0. The lowest BCUT2D eigenvalue weighted by atomic mass is 9.83. The number of benzene rings is 5. The normalized spacial score (nSPS) is 13.1. The van der Waals surface area contributed by atoms with E-state index in [2.05, 4.69) is 102 Å². The van der Waals surface area contributed by atoms with E-state index in [4.69, 9.17) is 13.5 Å². The molecule has 2 aromatic heterocycles. The molecule has 0 spiro atoms. The van der Waals surface area contributed by atoms with Gasteiger partial charge < -0.3 is 4.42 Å². The van der Waals surface area contributed by atoms with E-state index in [1.54, 1.807) is 0 Å². The van der Waals surface area contributed by atoms with E-state index in [0.717, 1.165) is 60.5 Å². The van der Waals surface area contributed by atoms with Gasteiger partial charge in [0.2, 0.25) is 0 Å². The number of furan rings is 1. The van der Waals surface area contributed by atoms with E-state index in [9.17, 15) is 5.26 Å². The van der Waals surface area contributed by atoms with Crippen molar-refractivity contribution < 1.29 is 8.53 Å². The monoisotopic (exact) mass is 615 g/mol. The smallest absolute Gasteiger partial charge is 0.145 e. The molecule has 0 aliphatic heterocycles. The molecule has 47 heavy (non-hydrogen) atoms. The van der Waals surface area contributed by atoms with Crippen LogP contribution in [0.1, 0.15) is 91.2 Å². The van der Waals surface area contributed by atoms with Crippen LogP contribution in [0.5, 0.6) is 0 Å². The average molecular weight is 616 g/mol. The summed E-state index contributed by atoms with van der Waals surface area (Å²) in [4.78, 5) is 4.82. The van der Waals surface area contributed by atoms with Gasteiger partial charge in [-0.3, -0.25) is 4.98 Å². The third kappa shape index (κ3) is 5.09. The lowest BCUT2D eigenvalue weighted by Gasteiger charge is -2.21. The highest BCUT2D eigenvalue weighted by atomic mass is 16.3. The van der Waals surface area contributed by atoms with E-state index in [1.165, 1.54) is 6.20 Å². The predicted molar refractivity (Wildman–Crippen MR) is 197 cm³/mol. The van der Waals surface area contributed by atoms with Crippen molar-refractivity contribution in [3.63, 3.8) is 0 Å². The van der Waals surface area contributed by atoms with Crippen molar-refractivity contribution in [2.24, 2.45) is 0 Å². The molecule has 3 heteroatoms. The fourth-order valence-electron chi connectivity index (χ4n) is 7.05. The lowest BCUT2D eigenvalue weighted by Crippen LogP contribution is -2.02. The number of aromatic nitrogens is 1. The molecule has 232 valence electrons. The Morgan fingerprint density at radius 1 is 0.681 bits per heavy atom. The summed E-state index contributed by atoms with van der Waals surface area (Å²) in [6.45, 7) is 10.5. The first-order valence-corrected chi connectivity index (χ1v) is 16.4. The van der Waals surface area contributed by atoms with E-state index >= 15 is 0 Å². The van der Waals surface area contributed by atoms with Crippen LogP contribution in [-0.2, 0) is 0 Å². The van der Waals surface area contributed by atoms with Gasteiger partial charge in [-0.05, 0) is 105 Å². The molecular weight excluding hydrogens is 572 g/mol. The first-order valence-electron chi connectivity index (χ1n) is 17.9. The van der Waals surface area contributed by atoms with Crippen molar-refractivity contribution in [3.8, 4) is 39.6 Å². The SMILES string of the molecule is [2H]C([2H])([2H])c1cnc(-c2ccc(C(C)C)c3c2oc2c(-c4ccc5ccccc5c4)c(C#N)ccc23)cc1-c1c(C(C)C)cccc1C(C)C. The molecule has 3 nitrogen and oxygen atoms in total. The Morgan fingerprint density at radius 3 is 2.09 bits per heavy atom. The van der Waals surface area contributed by atoms with Crippen molar-refractivity contribution in [3.05, 3.63) is 125 Å². The van der Waals surface area contributed by atoms with Gasteiger partial charge in [0, 0.05) is 32.2 Å². The van der Waals surface area contributed by atoms with E-state index in [1.807, 2.05) is 36.4 Å². The van der Waals surface area contributed by atoms with Gasteiger partial charge in [-0.25, -0.2) is 0 Å². The summed E-state index contributed by atoms with van der Waals surface area (Å²) in [5.41, 5.74) is 10.1. The van der Waals surface area contributed by atoms with Crippen LogP contribution in [0, 0.1) is 18.2 Å². The summed E-state index contributed by atoms with van der Waals surface area (Å²) in [5, 5.41) is 14.4. The van der Waals surface area contributed by atoms with Crippen LogP contribution in [-0.4, -0.2) is 4.98 Å². The molecular formula is C44H40N2O. The minimum absolute atomic E-state index is 0.181. The highest BCUT2D eigenvalue weighted by molar-refractivity contribution is 6.15. The topological polar surface area (TPSA) is 49.8 Å². The van der Waals surface area contributed by atoms with E-state index in [0.29, 0.717) is 28.0 Å². The Labute approximate surface area is 281 Å². The minimum atomic E-state index is -2.36.